The van der Waals surface area contributed by atoms with Gasteiger partial charge in [-0.25, -0.2) is 0 Å². The van der Waals surface area contributed by atoms with Crippen LogP contribution in [-0.4, -0.2) is 11.8 Å². The highest BCUT2D eigenvalue weighted by Gasteiger charge is 2.30. The average molecular weight is 445 g/mol. The second-order valence-electron chi connectivity index (χ2n) is 6.48. The number of benzene rings is 3. The molecular formula is C23H16ClF3N2O2. The van der Waals surface area contributed by atoms with E-state index < -0.39 is 17.6 Å². The maximum Gasteiger partial charge on any atom is 0.416 e. The van der Waals surface area contributed by atoms with Crippen molar-refractivity contribution in [3.8, 4) is 0 Å². The number of rotatable bonds is 5. The fourth-order valence-electron chi connectivity index (χ4n) is 2.61. The van der Waals surface area contributed by atoms with Crippen LogP contribution in [0.4, 0.5) is 24.5 Å². The van der Waals surface area contributed by atoms with Crippen molar-refractivity contribution in [1.82, 2.24) is 0 Å². The number of hydrogen-bond donors (Lipinski definition) is 2. The normalized spacial score (nSPS) is 11.4. The van der Waals surface area contributed by atoms with Gasteiger partial charge >= 0.3 is 6.18 Å². The molecule has 0 saturated carbocycles. The van der Waals surface area contributed by atoms with Crippen LogP contribution in [0.25, 0.3) is 6.08 Å². The Balaban J connectivity index is 1.60. The first-order valence-electron chi connectivity index (χ1n) is 9.04. The SMILES string of the molecule is O=C(/C=C/c1ccc(Cl)cc1)Nc1ccc(C(=O)Nc2cccc(C(F)(F)F)c2)cc1. The van der Waals surface area contributed by atoms with E-state index in [1.807, 2.05) is 0 Å². The lowest BCUT2D eigenvalue weighted by atomic mass is 10.1. The Labute approximate surface area is 181 Å². The molecule has 0 atom stereocenters. The lowest BCUT2D eigenvalue weighted by molar-refractivity contribution is -0.137. The molecule has 0 aliphatic rings. The highest BCUT2D eigenvalue weighted by atomic mass is 35.5. The van der Waals surface area contributed by atoms with E-state index in [2.05, 4.69) is 10.6 Å². The first-order valence-corrected chi connectivity index (χ1v) is 9.42. The summed E-state index contributed by atoms with van der Waals surface area (Å²) in [4.78, 5) is 24.3. The third kappa shape index (κ3) is 6.45. The van der Waals surface area contributed by atoms with Crippen LogP contribution in [0.1, 0.15) is 21.5 Å². The van der Waals surface area contributed by atoms with Crippen molar-refractivity contribution in [1.29, 1.82) is 0 Å². The summed E-state index contributed by atoms with van der Waals surface area (Å²) in [6, 6.07) is 17.3. The summed E-state index contributed by atoms with van der Waals surface area (Å²) in [7, 11) is 0. The molecule has 31 heavy (non-hydrogen) atoms. The number of halogens is 4. The highest BCUT2D eigenvalue weighted by Crippen LogP contribution is 2.30. The van der Waals surface area contributed by atoms with Gasteiger partial charge in [0.15, 0.2) is 0 Å². The van der Waals surface area contributed by atoms with Gasteiger partial charge in [0, 0.05) is 28.0 Å². The molecule has 0 aliphatic heterocycles. The smallest absolute Gasteiger partial charge is 0.323 e. The van der Waals surface area contributed by atoms with Crippen LogP contribution in [0.15, 0.2) is 78.9 Å². The van der Waals surface area contributed by atoms with Gasteiger partial charge in [-0.2, -0.15) is 13.2 Å². The molecule has 0 heterocycles. The molecule has 4 nitrogen and oxygen atoms in total. The van der Waals surface area contributed by atoms with Crippen molar-refractivity contribution in [2.75, 3.05) is 10.6 Å². The summed E-state index contributed by atoms with van der Waals surface area (Å²) < 4.78 is 38.4. The lowest BCUT2D eigenvalue weighted by Gasteiger charge is -2.10. The maximum absolute atomic E-state index is 12.8. The van der Waals surface area contributed by atoms with Crippen LogP contribution in [0, 0.1) is 0 Å². The summed E-state index contributed by atoms with van der Waals surface area (Å²) >= 11 is 5.81. The molecule has 0 spiro atoms. The number of anilines is 2. The quantitative estimate of drug-likeness (QED) is 0.456. The molecular weight excluding hydrogens is 429 g/mol. The van der Waals surface area contributed by atoms with Gasteiger partial charge in [0.2, 0.25) is 5.91 Å². The predicted molar refractivity (Wildman–Crippen MR) is 115 cm³/mol. The largest absolute Gasteiger partial charge is 0.416 e. The Bertz CT molecular complexity index is 1110. The topological polar surface area (TPSA) is 58.2 Å². The van der Waals surface area contributed by atoms with E-state index in [1.165, 1.54) is 42.5 Å². The molecule has 3 aromatic rings. The molecule has 0 bridgehead atoms. The Morgan fingerprint density at radius 1 is 0.839 bits per heavy atom. The van der Waals surface area contributed by atoms with Crippen LogP contribution in [-0.2, 0) is 11.0 Å². The number of carbonyl (C=O) groups excluding carboxylic acids is 2. The lowest BCUT2D eigenvalue weighted by Crippen LogP contribution is -2.13. The van der Waals surface area contributed by atoms with Crippen molar-refractivity contribution < 1.29 is 22.8 Å². The zero-order valence-electron chi connectivity index (χ0n) is 15.9. The third-order valence-electron chi connectivity index (χ3n) is 4.16. The number of hydrogen-bond acceptors (Lipinski definition) is 2. The van der Waals surface area contributed by atoms with E-state index in [1.54, 1.807) is 30.3 Å². The van der Waals surface area contributed by atoms with Gasteiger partial charge in [-0.05, 0) is 66.2 Å². The van der Waals surface area contributed by atoms with Crippen molar-refractivity contribution in [2.45, 2.75) is 6.18 Å². The summed E-state index contributed by atoms with van der Waals surface area (Å²) in [6.07, 6.45) is -1.51. The van der Waals surface area contributed by atoms with Gasteiger partial charge in [0.25, 0.3) is 5.91 Å². The number of alkyl halides is 3. The zero-order chi connectivity index (χ0) is 22.4. The van der Waals surface area contributed by atoms with Crippen molar-refractivity contribution in [3.05, 3.63) is 101 Å². The minimum atomic E-state index is -4.50. The van der Waals surface area contributed by atoms with E-state index in [9.17, 15) is 22.8 Å². The molecule has 0 saturated heterocycles. The van der Waals surface area contributed by atoms with Crippen molar-refractivity contribution in [2.24, 2.45) is 0 Å². The average Bonchev–Trinajstić information content (AvgIpc) is 2.73. The van der Waals surface area contributed by atoms with Crippen LogP contribution >= 0.6 is 11.6 Å². The van der Waals surface area contributed by atoms with E-state index in [-0.39, 0.29) is 17.2 Å². The molecule has 3 aromatic carbocycles. The van der Waals surface area contributed by atoms with Crippen LogP contribution in [0.3, 0.4) is 0 Å². The second kappa shape index (κ2) is 9.49. The minimum absolute atomic E-state index is 0.0320. The van der Waals surface area contributed by atoms with Gasteiger partial charge < -0.3 is 10.6 Å². The summed E-state index contributed by atoms with van der Waals surface area (Å²) in [5.74, 6) is -0.934. The third-order valence-corrected chi connectivity index (χ3v) is 4.41. The fourth-order valence-corrected chi connectivity index (χ4v) is 2.74. The van der Waals surface area contributed by atoms with E-state index >= 15 is 0 Å². The van der Waals surface area contributed by atoms with Gasteiger partial charge in [-0.3, -0.25) is 9.59 Å². The second-order valence-corrected chi connectivity index (χ2v) is 6.92. The monoisotopic (exact) mass is 444 g/mol. The molecule has 2 N–H and O–H groups in total. The number of nitrogens with one attached hydrogen (secondary N) is 2. The van der Waals surface area contributed by atoms with Gasteiger partial charge in [-0.15, -0.1) is 0 Å². The molecule has 0 aromatic heterocycles. The van der Waals surface area contributed by atoms with Gasteiger partial charge in [-0.1, -0.05) is 29.8 Å². The zero-order valence-corrected chi connectivity index (χ0v) is 16.7. The van der Waals surface area contributed by atoms with Crippen molar-refractivity contribution >= 4 is 40.9 Å². The standard InChI is InChI=1S/C23H16ClF3N2O2/c24-18-9-4-15(5-10-18)6-13-21(30)28-19-11-7-16(8-12-19)22(31)29-20-3-1-2-17(14-20)23(25,26)27/h1-14H,(H,28,30)(H,29,31)/b13-6+. The molecule has 2 amide bonds. The van der Waals surface area contributed by atoms with Gasteiger partial charge in [0.1, 0.15) is 0 Å². The Morgan fingerprint density at radius 3 is 2.16 bits per heavy atom. The summed E-state index contributed by atoms with van der Waals surface area (Å²) in [5.41, 5.74) is 0.675. The Morgan fingerprint density at radius 2 is 1.52 bits per heavy atom. The van der Waals surface area contributed by atoms with E-state index in [4.69, 9.17) is 11.6 Å². The fraction of sp³-hybridized carbons (Fsp3) is 0.0435. The number of carbonyl (C=O) groups is 2. The van der Waals surface area contributed by atoms with Crippen LogP contribution in [0.2, 0.25) is 5.02 Å². The predicted octanol–water partition coefficient (Wildman–Crippen LogP) is 6.26. The first-order chi connectivity index (χ1) is 14.7. The summed E-state index contributed by atoms with van der Waals surface area (Å²) in [5, 5.41) is 5.68. The van der Waals surface area contributed by atoms with Crippen LogP contribution < -0.4 is 10.6 Å². The van der Waals surface area contributed by atoms with Gasteiger partial charge in [0.05, 0.1) is 5.56 Å². The molecule has 158 valence electrons. The molecule has 0 fully saturated rings. The highest BCUT2D eigenvalue weighted by molar-refractivity contribution is 6.30. The van der Waals surface area contributed by atoms with E-state index in [0.717, 1.165) is 17.7 Å². The maximum atomic E-state index is 12.8. The minimum Gasteiger partial charge on any atom is -0.323 e. The van der Waals surface area contributed by atoms with Crippen LogP contribution in [0.5, 0.6) is 0 Å². The van der Waals surface area contributed by atoms with Crippen molar-refractivity contribution in [3.63, 3.8) is 0 Å². The Kier molecular flexibility index (Phi) is 6.77. The molecule has 0 unspecified atom stereocenters. The molecule has 0 radical (unpaired) electrons. The molecule has 3 rings (SSSR count). The summed E-state index contributed by atoms with van der Waals surface area (Å²) in [6.45, 7) is 0. The first kappa shape index (κ1) is 22.1. The van der Waals surface area contributed by atoms with E-state index in [0.29, 0.717) is 10.7 Å². The number of amides is 2. The molecule has 8 heteroatoms. The Hall–Kier alpha value is -3.58. The molecule has 0 aliphatic carbocycles.